The standard InChI is InChI=1S/C19H17ClN6O2/c1-14-12-17(26(27)28)13-18(20)19(14)24-23-15-4-6-16(7-5-15)25(10-2-8-21)11-3-9-22/h4-7,12-13H,2-3,10-11H2,1H3. The quantitative estimate of drug-likeness (QED) is 0.326. The summed E-state index contributed by atoms with van der Waals surface area (Å²) < 4.78 is 0. The summed E-state index contributed by atoms with van der Waals surface area (Å²) in [5, 5.41) is 36.9. The van der Waals surface area contributed by atoms with Gasteiger partial charge in [-0.2, -0.15) is 15.6 Å². The number of hydrogen-bond acceptors (Lipinski definition) is 7. The minimum Gasteiger partial charge on any atom is -0.369 e. The van der Waals surface area contributed by atoms with Gasteiger partial charge in [-0.3, -0.25) is 10.1 Å². The number of aryl methyl sites for hydroxylation is 1. The van der Waals surface area contributed by atoms with Crippen LogP contribution in [0.5, 0.6) is 0 Å². The first-order chi connectivity index (χ1) is 13.5. The molecular formula is C19H17ClN6O2. The fraction of sp³-hybridized carbons (Fsp3) is 0.263. The maximum atomic E-state index is 10.9. The molecule has 2 aromatic carbocycles. The zero-order chi connectivity index (χ0) is 20.5. The van der Waals surface area contributed by atoms with Crippen molar-refractivity contribution >= 4 is 34.4 Å². The van der Waals surface area contributed by atoms with Crippen molar-refractivity contribution in [2.24, 2.45) is 10.2 Å². The van der Waals surface area contributed by atoms with E-state index in [1.54, 1.807) is 19.1 Å². The van der Waals surface area contributed by atoms with Gasteiger partial charge in [0.15, 0.2) is 0 Å². The predicted molar refractivity (Wildman–Crippen MR) is 106 cm³/mol. The van der Waals surface area contributed by atoms with Crippen LogP contribution in [0.2, 0.25) is 5.02 Å². The Hall–Kier alpha value is -3.49. The molecule has 0 amide bonds. The average Bonchev–Trinajstić information content (AvgIpc) is 2.68. The van der Waals surface area contributed by atoms with Gasteiger partial charge in [-0.05, 0) is 36.8 Å². The van der Waals surface area contributed by atoms with Crippen molar-refractivity contribution in [3.8, 4) is 12.1 Å². The maximum Gasteiger partial charge on any atom is 0.271 e. The first-order valence-corrected chi connectivity index (χ1v) is 8.79. The van der Waals surface area contributed by atoms with Crippen LogP contribution in [0.4, 0.5) is 22.7 Å². The number of benzene rings is 2. The van der Waals surface area contributed by atoms with Gasteiger partial charge in [-0.1, -0.05) is 11.6 Å². The zero-order valence-corrected chi connectivity index (χ0v) is 15.9. The van der Waals surface area contributed by atoms with Gasteiger partial charge >= 0.3 is 0 Å². The van der Waals surface area contributed by atoms with Gasteiger partial charge in [0, 0.05) is 30.9 Å². The second kappa shape index (κ2) is 10.0. The molecule has 0 saturated heterocycles. The third-order valence-corrected chi connectivity index (χ3v) is 4.21. The molecule has 0 atom stereocenters. The molecule has 0 unspecified atom stereocenters. The molecule has 0 saturated carbocycles. The van der Waals surface area contributed by atoms with Crippen LogP contribution in [0.15, 0.2) is 46.6 Å². The fourth-order valence-electron chi connectivity index (χ4n) is 2.53. The molecule has 0 spiro atoms. The molecule has 0 aliphatic carbocycles. The van der Waals surface area contributed by atoms with E-state index < -0.39 is 4.92 Å². The lowest BCUT2D eigenvalue weighted by Crippen LogP contribution is -2.25. The third-order valence-electron chi connectivity index (χ3n) is 3.92. The van der Waals surface area contributed by atoms with E-state index in [1.807, 2.05) is 17.0 Å². The van der Waals surface area contributed by atoms with E-state index in [4.69, 9.17) is 22.1 Å². The fourth-order valence-corrected chi connectivity index (χ4v) is 2.83. The first-order valence-electron chi connectivity index (χ1n) is 8.41. The maximum absolute atomic E-state index is 10.9. The highest BCUT2D eigenvalue weighted by molar-refractivity contribution is 6.33. The molecule has 0 heterocycles. The number of halogens is 1. The van der Waals surface area contributed by atoms with Crippen LogP contribution in [0.1, 0.15) is 18.4 Å². The lowest BCUT2D eigenvalue weighted by Gasteiger charge is -2.22. The summed E-state index contributed by atoms with van der Waals surface area (Å²) in [6.07, 6.45) is 0.732. The highest BCUT2D eigenvalue weighted by Gasteiger charge is 2.13. The van der Waals surface area contributed by atoms with Crippen LogP contribution >= 0.6 is 11.6 Å². The monoisotopic (exact) mass is 396 g/mol. The molecule has 9 heteroatoms. The number of anilines is 1. The van der Waals surface area contributed by atoms with Crippen LogP contribution in [0, 0.1) is 39.7 Å². The normalized spacial score (nSPS) is 10.4. The second-order valence-electron chi connectivity index (χ2n) is 5.87. The Morgan fingerprint density at radius 1 is 1.11 bits per heavy atom. The predicted octanol–water partition coefficient (Wildman–Crippen LogP) is 5.61. The molecule has 2 rings (SSSR count). The summed E-state index contributed by atoms with van der Waals surface area (Å²) in [7, 11) is 0. The highest BCUT2D eigenvalue weighted by Crippen LogP contribution is 2.34. The van der Waals surface area contributed by atoms with Gasteiger partial charge in [-0.25, -0.2) is 0 Å². The number of nitro benzene ring substituents is 1. The van der Waals surface area contributed by atoms with E-state index in [9.17, 15) is 10.1 Å². The Bertz CT molecular complexity index is 919. The topological polar surface area (TPSA) is 119 Å². The SMILES string of the molecule is Cc1cc([N+](=O)[O-])cc(Cl)c1N=Nc1ccc(N(CCC#N)CCC#N)cc1. The van der Waals surface area contributed by atoms with Crippen LogP contribution in [0.3, 0.4) is 0 Å². The smallest absolute Gasteiger partial charge is 0.271 e. The van der Waals surface area contributed by atoms with Crippen molar-refractivity contribution in [3.63, 3.8) is 0 Å². The van der Waals surface area contributed by atoms with Crippen molar-refractivity contribution < 1.29 is 4.92 Å². The average molecular weight is 397 g/mol. The highest BCUT2D eigenvalue weighted by atomic mass is 35.5. The van der Waals surface area contributed by atoms with Crippen molar-refractivity contribution in [2.45, 2.75) is 19.8 Å². The minimum atomic E-state index is -0.511. The van der Waals surface area contributed by atoms with E-state index in [0.717, 1.165) is 5.69 Å². The van der Waals surface area contributed by atoms with Gasteiger partial charge in [0.1, 0.15) is 5.69 Å². The Kier molecular flexibility index (Phi) is 7.44. The molecule has 28 heavy (non-hydrogen) atoms. The summed E-state index contributed by atoms with van der Waals surface area (Å²) >= 11 is 6.09. The summed E-state index contributed by atoms with van der Waals surface area (Å²) in [5.74, 6) is 0. The molecular weight excluding hydrogens is 380 g/mol. The molecule has 0 aliphatic heterocycles. The first kappa shape index (κ1) is 20.8. The van der Waals surface area contributed by atoms with E-state index in [1.165, 1.54) is 12.1 Å². The van der Waals surface area contributed by atoms with Crippen molar-refractivity contribution in [3.05, 3.63) is 57.1 Å². The second-order valence-corrected chi connectivity index (χ2v) is 6.28. The number of azo groups is 1. The molecule has 8 nitrogen and oxygen atoms in total. The van der Waals surface area contributed by atoms with Crippen molar-refractivity contribution in [1.82, 2.24) is 0 Å². The van der Waals surface area contributed by atoms with Crippen LogP contribution in [-0.4, -0.2) is 18.0 Å². The molecule has 0 aliphatic rings. The molecule has 0 fully saturated rings. The Morgan fingerprint density at radius 2 is 1.71 bits per heavy atom. The van der Waals surface area contributed by atoms with Gasteiger partial charge in [0.25, 0.3) is 5.69 Å². The van der Waals surface area contributed by atoms with Gasteiger partial charge in [0.2, 0.25) is 0 Å². The van der Waals surface area contributed by atoms with Crippen molar-refractivity contribution in [2.75, 3.05) is 18.0 Å². The lowest BCUT2D eigenvalue weighted by atomic mass is 10.2. The largest absolute Gasteiger partial charge is 0.369 e. The third kappa shape index (κ3) is 5.50. The number of non-ortho nitro benzene ring substituents is 1. The summed E-state index contributed by atoms with van der Waals surface area (Å²) in [4.78, 5) is 12.3. The van der Waals surface area contributed by atoms with E-state index in [-0.39, 0.29) is 10.7 Å². The number of nitriles is 2. The summed E-state index contributed by atoms with van der Waals surface area (Å²) in [6.45, 7) is 2.76. The molecule has 0 N–H and O–H groups in total. The van der Waals surface area contributed by atoms with Crippen molar-refractivity contribution in [1.29, 1.82) is 10.5 Å². The van der Waals surface area contributed by atoms with Gasteiger partial charge < -0.3 is 4.90 Å². The Balaban J connectivity index is 2.19. The van der Waals surface area contributed by atoms with Crippen LogP contribution in [0.25, 0.3) is 0 Å². The molecule has 0 aromatic heterocycles. The molecule has 0 bridgehead atoms. The molecule has 142 valence electrons. The Morgan fingerprint density at radius 3 is 2.21 bits per heavy atom. The lowest BCUT2D eigenvalue weighted by molar-refractivity contribution is -0.384. The van der Waals surface area contributed by atoms with Gasteiger partial charge in [0.05, 0.1) is 40.6 Å². The summed E-state index contributed by atoms with van der Waals surface area (Å²) in [6, 6.07) is 14.1. The number of nitrogens with zero attached hydrogens (tertiary/aromatic N) is 6. The van der Waals surface area contributed by atoms with E-state index in [2.05, 4.69) is 22.4 Å². The number of rotatable bonds is 8. The number of hydrogen-bond donors (Lipinski definition) is 0. The van der Waals surface area contributed by atoms with E-state index in [0.29, 0.717) is 42.9 Å². The number of nitro groups is 1. The summed E-state index contributed by atoms with van der Waals surface area (Å²) in [5.41, 5.74) is 2.30. The van der Waals surface area contributed by atoms with Crippen LogP contribution < -0.4 is 4.90 Å². The molecule has 2 aromatic rings. The van der Waals surface area contributed by atoms with E-state index >= 15 is 0 Å². The van der Waals surface area contributed by atoms with Crippen LogP contribution in [-0.2, 0) is 0 Å². The Labute approximate surface area is 167 Å². The molecule has 0 radical (unpaired) electrons. The minimum absolute atomic E-state index is 0.0966. The zero-order valence-electron chi connectivity index (χ0n) is 15.2. The van der Waals surface area contributed by atoms with Gasteiger partial charge in [-0.15, -0.1) is 5.11 Å².